The summed E-state index contributed by atoms with van der Waals surface area (Å²) in [4.78, 5) is 0. The third-order valence-corrected chi connectivity index (χ3v) is 2.98. The first kappa shape index (κ1) is 12.6. The topological polar surface area (TPSA) is 33.0 Å². The van der Waals surface area contributed by atoms with Crippen LogP contribution in [0.1, 0.15) is 11.1 Å². The molecule has 2 aromatic carbocycles. The van der Waals surface area contributed by atoms with Gasteiger partial charge in [-0.05, 0) is 58.7 Å². The lowest BCUT2D eigenvalue weighted by Gasteiger charge is -2.08. The van der Waals surface area contributed by atoms with E-state index in [1.54, 1.807) is 12.1 Å². The Morgan fingerprint density at radius 2 is 2.00 bits per heavy atom. The van der Waals surface area contributed by atoms with Crippen LogP contribution in [0.5, 0.6) is 11.5 Å². The second-order valence-electron chi connectivity index (χ2n) is 3.79. The number of nitrogens with zero attached hydrogens (tertiary/aromatic N) is 1. The molecule has 0 fully saturated rings. The Morgan fingerprint density at radius 3 is 2.67 bits per heavy atom. The lowest BCUT2D eigenvalue weighted by Crippen LogP contribution is -1.90. The molecular formula is C14H9BrFNO. The summed E-state index contributed by atoms with van der Waals surface area (Å²) in [5, 5.41) is 8.99. The van der Waals surface area contributed by atoms with Gasteiger partial charge in [0.1, 0.15) is 23.4 Å². The van der Waals surface area contributed by atoms with Crippen molar-refractivity contribution in [1.29, 1.82) is 5.26 Å². The van der Waals surface area contributed by atoms with Crippen LogP contribution >= 0.6 is 15.9 Å². The SMILES string of the molecule is Cc1ccc(C#N)c(Oc2ccc(F)c(Br)c2)c1. The maximum atomic E-state index is 13.1. The normalized spacial score (nSPS) is 9.89. The maximum Gasteiger partial charge on any atom is 0.145 e. The number of ether oxygens (including phenoxy) is 1. The number of benzene rings is 2. The van der Waals surface area contributed by atoms with Gasteiger partial charge in [0, 0.05) is 0 Å². The summed E-state index contributed by atoms with van der Waals surface area (Å²) >= 11 is 3.09. The Kier molecular flexibility index (Phi) is 3.63. The Bertz CT molecular complexity index is 634. The van der Waals surface area contributed by atoms with Crippen molar-refractivity contribution >= 4 is 15.9 Å². The zero-order valence-corrected chi connectivity index (χ0v) is 11.2. The monoisotopic (exact) mass is 305 g/mol. The zero-order chi connectivity index (χ0) is 13.1. The highest BCUT2D eigenvalue weighted by atomic mass is 79.9. The van der Waals surface area contributed by atoms with Crippen LogP contribution in [0.4, 0.5) is 4.39 Å². The molecule has 0 aliphatic rings. The van der Waals surface area contributed by atoms with Crippen molar-refractivity contribution in [2.45, 2.75) is 6.92 Å². The Hall–Kier alpha value is -1.86. The van der Waals surface area contributed by atoms with Crippen molar-refractivity contribution in [2.24, 2.45) is 0 Å². The molecule has 18 heavy (non-hydrogen) atoms. The minimum Gasteiger partial charge on any atom is -0.456 e. The third kappa shape index (κ3) is 2.69. The molecule has 2 rings (SSSR count). The van der Waals surface area contributed by atoms with Crippen molar-refractivity contribution in [1.82, 2.24) is 0 Å². The first-order chi connectivity index (χ1) is 8.60. The van der Waals surface area contributed by atoms with E-state index in [2.05, 4.69) is 22.0 Å². The highest BCUT2D eigenvalue weighted by Crippen LogP contribution is 2.29. The number of rotatable bonds is 2. The van der Waals surface area contributed by atoms with Crippen LogP contribution in [-0.2, 0) is 0 Å². The predicted molar refractivity (Wildman–Crippen MR) is 70.1 cm³/mol. The van der Waals surface area contributed by atoms with Crippen molar-refractivity contribution in [2.75, 3.05) is 0 Å². The molecular weight excluding hydrogens is 297 g/mol. The van der Waals surface area contributed by atoms with Crippen LogP contribution in [0.3, 0.4) is 0 Å². The summed E-state index contributed by atoms with van der Waals surface area (Å²) in [6.07, 6.45) is 0. The molecule has 0 atom stereocenters. The van der Waals surface area contributed by atoms with Gasteiger partial charge in [-0.25, -0.2) is 4.39 Å². The van der Waals surface area contributed by atoms with Crippen LogP contribution in [-0.4, -0.2) is 0 Å². The highest BCUT2D eigenvalue weighted by Gasteiger charge is 2.07. The van der Waals surface area contributed by atoms with E-state index in [0.29, 0.717) is 21.5 Å². The van der Waals surface area contributed by atoms with Crippen LogP contribution in [0, 0.1) is 24.1 Å². The van der Waals surface area contributed by atoms with Gasteiger partial charge in [-0.2, -0.15) is 5.26 Å². The fourth-order valence-electron chi connectivity index (χ4n) is 1.47. The summed E-state index contributed by atoms with van der Waals surface area (Å²) in [5.41, 5.74) is 1.44. The van der Waals surface area contributed by atoms with E-state index >= 15 is 0 Å². The smallest absolute Gasteiger partial charge is 0.145 e. The van der Waals surface area contributed by atoms with Gasteiger partial charge in [-0.3, -0.25) is 0 Å². The first-order valence-electron chi connectivity index (χ1n) is 5.24. The summed E-state index contributed by atoms with van der Waals surface area (Å²) in [5.74, 6) is 0.591. The summed E-state index contributed by atoms with van der Waals surface area (Å²) < 4.78 is 19.0. The molecule has 0 saturated heterocycles. The van der Waals surface area contributed by atoms with Gasteiger partial charge in [0.15, 0.2) is 0 Å². The maximum absolute atomic E-state index is 13.1. The number of nitriles is 1. The zero-order valence-electron chi connectivity index (χ0n) is 9.58. The van der Waals surface area contributed by atoms with E-state index in [1.807, 2.05) is 13.0 Å². The minimum absolute atomic E-state index is 0.325. The molecule has 0 aromatic heterocycles. The third-order valence-electron chi connectivity index (χ3n) is 2.38. The number of halogens is 2. The molecule has 0 unspecified atom stereocenters. The van der Waals surface area contributed by atoms with Crippen LogP contribution < -0.4 is 4.74 Å². The molecule has 0 heterocycles. The molecule has 0 aliphatic heterocycles. The van der Waals surface area contributed by atoms with E-state index in [-0.39, 0.29) is 5.82 Å². The highest BCUT2D eigenvalue weighted by molar-refractivity contribution is 9.10. The van der Waals surface area contributed by atoms with Gasteiger partial charge in [-0.1, -0.05) is 6.07 Å². The lowest BCUT2D eigenvalue weighted by atomic mass is 10.1. The van der Waals surface area contributed by atoms with E-state index in [4.69, 9.17) is 10.00 Å². The van der Waals surface area contributed by atoms with Gasteiger partial charge >= 0.3 is 0 Å². The Morgan fingerprint density at radius 1 is 1.22 bits per heavy atom. The molecule has 90 valence electrons. The molecule has 4 heteroatoms. The standard InChI is InChI=1S/C14H9BrFNO/c1-9-2-3-10(8-17)14(6-9)18-11-4-5-13(16)12(15)7-11/h2-7H,1H3. The van der Waals surface area contributed by atoms with Crippen molar-refractivity contribution in [3.05, 3.63) is 57.8 Å². The van der Waals surface area contributed by atoms with Crippen LogP contribution in [0.25, 0.3) is 0 Å². The van der Waals surface area contributed by atoms with Gasteiger partial charge in [-0.15, -0.1) is 0 Å². The molecule has 2 nitrogen and oxygen atoms in total. The van der Waals surface area contributed by atoms with E-state index < -0.39 is 0 Å². The van der Waals surface area contributed by atoms with E-state index in [9.17, 15) is 4.39 Å². The molecule has 0 bridgehead atoms. The number of hydrogen-bond donors (Lipinski definition) is 0. The molecule has 0 N–H and O–H groups in total. The van der Waals surface area contributed by atoms with Crippen molar-refractivity contribution < 1.29 is 9.13 Å². The summed E-state index contributed by atoms with van der Waals surface area (Å²) in [6.45, 7) is 1.91. The summed E-state index contributed by atoms with van der Waals surface area (Å²) in [6, 6.07) is 11.7. The second-order valence-corrected chi connectivity index (χ2v) is 4.64. The number of aryl methyl sites for hydroxylation is 1. The largest absolute Gasteiger partial charge is 0.456 e. The molecule has 0 spiro atoms. The minimum atomic E-state index is -0.355. The molecule has 2 aromatic rings. The number of hydrogen-bond acceptors (Lipinski definition) is 2. The first-order valence-corrected chi connectivity index (χ1v) is 6.03. The quantitative estimate of drug-likeness (QED) is 0.815. The average molecular weight is 306 g/mol. The Labute approximate surface area is 113 Å². The Balaban J connectivity index is 2.36. The molecule has 0 amide bonds. The van der Waals surface area contributed by atoms with Crippen molar-refractivity contribution in [3.63, 3.8) is 0 Å². The van der Waals surface area contributed by atoms with Crippen LogP contribution in [0.2, 0.25) is 0 Å². The van der Waals surface area contributed by atoms with E-state index in [1.165, 1.54) is 18.2 Å². The van der Waals surface area contributed by atoms with Gasteiger partial charge in [0.25, 0.3) is 0 Å². The molecule has 0 radical (unpaired) electrons. The fraction of sp³-hybridized carbons (Fsp3) is 0.0714. The van der Waals surface area contributed by atoms with Gasteiger partial charge < -0.3 is 4.74 Å². The summed E-state index contributed by atoms with van der Waals surface area (Å²) in [7, 11) is 0. The fourth-order valence-corrected chi connectivity index (χ4v) is 1.83. The molecule has 0 saturated carbocycles. The average Bonchev–Trinajstić information content (AvgIpc) is 2.34. The molecule has 0 aliphatic carbocycles. The van der Waals surface area contributed by atoms with Gasteiger partial charge in [0.05, 0.1) is 10.0 Å². The van der Waals surface area contributed by atoms with Gasteiger partial charge in [0.2, 0.25) is 0 Å². The lowest BCUT2D eigenvalue weighted by molar-refractivity contribution is 0.478. The van der Waals surface area contributed by atoms with E-state index in [0.717, 1.165) is 5.56 Å². The predicted octanol–water partition coefficient (Wildman–Crippen LogP) is 4.56. The van der Waals surface area contributed by atoms with Crippen LogP contribution in [0.15, 0.2) is 40.9 Å². The van der Waals surface area contributed by atoms with Crippen molar-refractivity contribution in [3.8, 4) is 17.6 Å². The second kappa shape index (κ2) is 5.19.